The molecule has 0 bridgehead atoms. The van der Waals surface area contributed by atoms with E-state index in [1.807, 2.05) is 19.9 Å². The standard InChI is InChI=1S/C16H19NO4/c1-10(2)7-15-17-13(16(18)21-15)8-11-5-6-12(19-3)9-14(11)20-4/h5-6,8-10H,7H2,1-4H3/b13-8+. The van der Waals surface area contributed by atoms with Crippen molar-refractivity contribution in [3.63, 3.8) is 0 Å². The predicted molar refractivity (Wildman–Crippen MR) is 80.5 cm³/mol. The molecule has 0 atom stereocenters. The Morgan fingerprint density at radius 3 is 2.67 bits per heavy atom. The number of rotatable bonds is 5. The molecule has 1 heterocycles. The molecule has 0 N–H and O–H groups in total. The Morgan fingerprint density at radius 2 is 2.05 bits per heavy atom. The first kappa shape index (κ1) is 15.1. The van der Waals surface area contributed by atoms with Gasteiger partial charge in [0.2, 0.25) is 0 Å². The largest absolute Gasteiger partial charge is 0.497 e. The van der Waals surface area contributed by atoms with Gasteiger partial charge in [-0.15, -0.1) is 0 Å². The van der Waals surface area contributed by atoms with Crippen molar-refractivity contribution in [3.8, 4) is 11.5 Å². The Kier molecular flexibility index (Phi) is 4.62. The van der Waals surface area contributed by atoms with E-state index in [0.29, 0.717) is 29.7 Å². The summed E-state index contributed by atoms with van der Waals surface area (Å²) in [5.74, 6) is 1.72. The zero-order valence-electron chi connectivity index (χ0n) is 12.7. The van der Waals surface area contributed by atoms with Gasteiger partial charge in [-0.3, -0.25) is 0 Å². The number of benzene rings is 1. The van der Waals surface area contributed by atoms with Crippen molar-refractivity contribution in [3.05, 3.63) is 29.5 Å². The number of cyclic esters (lactones) is 1. The minimum Gasteiger partial charge on any atom is -0.497 e. The monoisotopic (exact) mass is 289 g/mol. The Morgan fingerprint density at radius 1 is 1.29 bits per heavy atom. The normalized spacial score (nSPS) is 16.1. The second-order valence-electron chi connectivity index (χ2n) is 5.13. The lowest BCUT2D eigenvalue weighted by Crippen LogP contribution is -2.06. The predicted octanol–water partition coefficient (Wildman–Crippen LogP) is 3.05. The van der Waals surface area contributed by atoms with Crippen LogP contribution in [0, 0.1) is 5.92 Å². The molecule has 2 rings (SSSR count). The SMILES string of the molecule is COc1ccc(/C=C2/N=C(CC(C)C)OC2=O)c(OC)c1. The maximum atomic E-state index is 11.8. The van der Waals surface area contributed by atoms with Gasteiger partial charge >= 0.3 is 5.97 Å². The van der Waals surface area contributed by atoms with Crippen molar-refractivity contribution >= 4 is 17.9 Å². The van der Waals surface area contributed by atoms with Gasteiger partial charge in [-0.25, -0.2) is 9.79 Å². The number of hydrogen-bond donors (Lipinski definition) is 0. The van der Waals surface area contributed by atoms with Crippen LogP contribution in [0.3, 0.4) is 0 Å². The molecule has 1 aromatic rings. The quantitative estimate of drug-likeness (QED) is 0.617. The van der Waals surface area contributed by atoms with Crippen molar-refractivity contribution in [2.45, 2.75) is 20.3 Å². The highest BCUT2D eigenvalue weighted by atomic mass is 16.6. The number of ether oxygens (including phenoxy) is 3. The lowest BCUT2D eigenvalue weighted by atomic mass is 10.1. The van der Waals surface area contributed by atoms with Crippen LogP contribution in [0.5, 0.6) is 11.5 Å². The third kappa shape index (κ3) is 3.62. The molecule has 5 nitrogen and oxygen atoms in total. The molecule has 0 spiro atoms. The lowest BCUT2D eigenvalue weighted by molar-refractivity contribution is -0.130. The highest BCUT2D eigenvalue weighted by Crippen LogP contribution is 2.28. The summed E-state index contributed by atoms with van der Waals surface area (Å²) in [7, 11) is 3.15. The van der Waals surface area contributed by atoms with Gasteiger partial charge in [0.1, 0.15) is 11.5 Å². The molecule has 21 heavy (non-hydrogen) atoms. The number of carbonyl (C=O) groups is 1. The highest BCUT2D eigenvalue weighted by Gasteiger charge is 2.23. The molecular formula is C16H19NO4. The average molecular weight is 289 g/mol. The fourth-order valence-corrected chi connectivity index (χ4v) is 1.97. The molecule has 112 valence electrons. The first-order valence-corrected chi connectivity index (χ1v) is 6.77. The van der Waals surface area contributed by atoms with Crippen LogP contribution in [0.1, 0.15) is 25.8 Å². The van der Waals surface area contributed by atoms with Gasteiger partial charge in [-0.1, -0.05) is 13.8 Å². The van der Waals surface area contributed by atoms with Gasteiger partial charge in [-0.2, -0.15) is 0 Å². The van der Waals surface area contributed by atoms with Crippen LogP contribution in [-0.2, 0) is 9.53 Å². The van der Waals surface area contributed by atoms with Gasteiger partial charge < -0.3 is 14.2 Å². The molecule has 0 saturated carbocycles. The smallest absolute Gasteiger partial charge is 0.363 e. The summed E-state index contributed by atoms with van der Waals surface area (Å²) in [4.78, 5) is 16.1. The second-order valence-corrected chi connectivity index (χ2v) is 5.13. The molecule has 1 aliphatic heterocycles. The summed E-state index contributed by atoms with van der Waals surface area (Å²) < 4.78 is 15.6. The number of nitrogens with zero attached hydrogens (tertiary/aromatic N) is 1. The molecule has 0 aromatic heterocycles. The van der Waals surface area contributed by atoms with Crippen LogP contribution in [0.15, 0.2) is 28.9 Å². The third-order valence-corrected chi connectivity index (χ3v) is 2.98. The fraction of sp³-hybridized carbons (Fsp3) is 0.375. The number of hydrogen-bond acceptors (Lipinski definition) is 5. The Hall–Kier alpha value is -2.30. The first-order chi connectivity index (χ1) is 10.0. The summed E-state index contributed by atoms with van der Waals surface area (Å²) >= 11 is 0. The van der Waals surface area contributed by atoms with E-state index < -0.39 is 5.97 Å². The van der Waals surface area contributed by atoms with Gasteiger partial charge in [0.15, 0.2) is 11.6 Å². The van der Waals surface area contributed by atoms with Crippen LogP contribution >= 0.6 is 0 Å². The van der Waals surface area contributed by atoms with Gasteiger partial charge in [0, 0.05) is 18.1 Å². The van der Waals surface area contributed by atoms with Crippen LogP contribution in [0.25, 0.3) is 6.08 Å². The Labute approximate surface area is 124 Å². The summed E-state index contributed by atoms with van der Waals surface area (Å²) in [6.45, 7) is 4.09. The maximum absolute atomic E-state index is 11.8. The fourth-order valence-electron chi connectivity index (χ4n) is 1.97. The van der Waals surface area contributed by atoms with Crippen molar-refractivity contribution in [2.75, 3.05) is 14.2 Å². The molecule has 5 heteroatoms. The summed E-state index contributed by atoms with van der Waals surface area (Å²) in [5.41, 5.74) is 1.04. The van der Waals surface area contributed by atoms with E-state index in [-0.39, 0.29) is 5.70 Å². The molecule has 0 radical (unpaired) electrons. The minimum absolute atomic E-state index is 0.286. The molecular weight excluding hydrogens is 270 g/mol. The van der Waals surface area contributed by atoms with Gasteiger partial charge in [-0.05, 0) is 24.1 Å². The molecule has 0 amide bonds. The number of aliphatic imine (C=N–C) groups is 1. The Bertz CT molecular complexity index is 602. The van der Waals surface area contributed by atoms with Crippen molar-refractivity contribution in [2.24, 2.45) is 10.9 Å². The van der Waals surface area contributed by atoms with Gasteiger partial charge in [0.05, 0.1) is 14.2 Å². The first-order valence-electron chi connectivity index (χ1n) is 6.77. The van der Waals surface area contributed by atoms with E-state index in [1.54, 1.807) is 32.4 Å². The van der Waals surface area contributed by atoms with E-state index in [1.165, 1.54) is 0 Å². The van der Waals surface area contributed by atoms with Gasteiger partial charge in [0.25, 0.3) is 0 Å². The number of carbonyl (C=O) groups excluding carboxylic acids is 1. The van der Waals surface area contributed by atoms with E-state index in [4.69, 9.17) is 14.2 Å². The van der Waals surface area contributed by atoms with Crippen LogP contribution in [-0.4, -0.2) is 26.1 Å². The topological polar surface area (TPSA) is 57.1 Å². The van der Waals surface area contributed by atoms with E-state index in [9.17, 15) is 4.79 Å². The summed E-state index contributed by atoms with van der Waals surface area (Å²) in [6.07, 6.45) is 2.30. The molecule has 1 aromatic carbocycles. The zero-order chi connectivity index (χ0) is 15.4. The zero-order valence-corrected chi connectivity index (χ0v) is 12.7. The van der Waals surface area contributed by atoms with E-state index in [2.05, 4.69) is 4.99 Å². The lowest BCUT2D eigenvalue weighted by Gasteiger charge is -2.07. The number of esters is 1. The second kappa shape index (κ2) is 6.43. The van der Waals surface area contributed by atoms with Crippen molar-refractivity contribution in [1.82, 2.24) is 0 Å². The van der Waals surface area contributed by atoms with Crippen molar-refractivity contribution in [1.29, 1.82) is 0 Å². The Balaban J connectivity index is 2.31. The van der Waals surface area contributed by atoms with E-state index >= 15 is 0 Å². The molecule has 0 unspecified atom stereocenters. The summed E-state index contributed by atoms with van der Waals surface area (Å²) in [5, 5.41) is 0. The average Bonchev–Trinajstić information content (AvgIpc) is 2.78. The van der Waals surface area contributed by atoms with E-state index in [0.717, 1.165) is 5.56 Å². The minimum atomic E-state index is -0.427. The molecule has 0 fully saturated rings. The molecule has 0 saturated heterocycles. The number of methoxy groups -OCH3 is 2. The van der Waals surface area contributed by atoms with Crippen LogP contribution < -0.4 is 9.47 Å². The molecule has 1 aliphatic rings. The third-order valence-electron chi connectivity index (χ3n) is 2.98. The summed E-state index contributed by atoms with van der Waals surface area (Å²) in [6, 6.07) is 5.37. The van der Waals surface area contributed by atoms with Crippen LogP contribution in [0.4, 0.5) is 0 Å². The highest BCUT2D eigenvalue weighted by molar-refractivity contribution is 6.07. The molecule has 0 aliphatic carbocycles. The maximum Gasteiger partial charge on any atom is 0.363 e. The van der Waals surface area contributed by atoms with Crippen LogP contribution in [0.2, 0.25) is 0 Å². The van der Waals surface area contributed by atoms with Crippen molar-refractivity contribution < 1.29 is 19.0 Å².